The molecule has 0 amide bonds. The van der Waals surface area contributed by atoms with Gasteiger partial charge in [0.1, 0.15) is 5.82 Å². The summed E-state index contributed by atoms with van der Waals surface area (Å²) >= 11 is 3.18. The van der Waals surface area contributed by atoms with Crippen LogP contribution in [0.5, 0.6) is 0 Å². The number of hydrogen-bond acceptors (Lipinski definition) is 2. The van der Waals surface area contributed by atoms with Crippen molar-refractivity contribution >= 4 is 15.9 Å². The third kappa shape index (κ3) is 3.66. The Kier molecular flexibility index (Phi) is 5.29. The summed E-state index contributed by atoms with van der Waals surface area (Å²) in [6.45, 7) is -0.203. The second kappa shape index (κ2) is 6.97. The van der Waals surface area contributed by atoms with Crippen LogP contribution < -0.4 is 0 Å². The number of aliphatic hydroxyl groups is 2. The van der Waals surface area contributed by atoms with Crippen LogP contribution in [0.2, 0.25) is 0 Å². The van der Waals surface area contributed by atoms with Crippen molar-refractivity contribution in [2.75, 3.05) is 6.61 Å². The zero-order valence-corrected chi connectivity index (χ0v) is 12.4. The molecule has 2 unspecified atom stereocenters. The lowest BCUT2D eigenvalue weighted by Gasteiger charge is -2.22. The van der Waals surface area contributed by atoms with E-state index in [9.17, 15) is 14.6 Å². The summed E-state index contributed by atoms with van der Waals surface area (Å²) in [6, 6.07) is 14.1. The molecule has 0 aromatic heterocycles. The van der Waals surface area contributed by atoms with Crippen LogP contribution in [-0.4, -0.2) is 16.8 Å². The first-order valence-corrected chi connectivity index (χ1v) is 7.19. The van der Waals surface area contributed by atoms with Crippen LogP contribution in [0, 0.1) is 11.7 Å². The fraction of sp³-hybridized carbons (Fsp3) is 0.250. The van der Waals surface area contributed by atoms with Gasteiger partial charge in [-0.25, -0.2) is 4.39 Å². The summed E-state index contributed by atoms with van der Waals surface area (Å²) in [4.78, 5) is 0. The lowest BCUT2D eigenvalue weighted by Crippen LogP contribution is -2.20. The van der Waals surface area contributed by atoms with E-state index in [1.165, 1.54) is 12.1 Å². The van der Waals surface area contributed by atoms with E-state index in [1.807, 2.05) is 30.3 Å². The molecule has 2 aromatic rings. The van der Waals surface area contributed by atoms with Gasteiger partial charge in [-0.1, -0.05) is 52.3 Å². The Morgan fingerprint density at radius 2 is 1.80 bits per heavy atom. The molecular formula is C16H16BrFO2. The van der Waals surface area contributed by atoms with Gasteiger partial charge in [0.05, 0.1) is 6.10 Å². The molecule has 2 nitrogen and oxygen atoms in total. The molecule has 4 heteroatoms. The summed E-state index contributed by atoms with van der Waals surface area (Å²) in [7, 11) is 0. The third-order valence-corrected chi connectivity index (χ3v) is 3.80. The van der Waals surface area contributed by atoms with Gasteiger partial charge in [0, 0.05) is 22.6 Å². The van der Waals surface area contributed by atoms with Crippen LogP contribution in [0.25, 0.3) is 0 Å². The lowest BCUT2D eigenvalue weighted by molar-refractivity contribution is 0.0642. The maximum Gasteiger partial charge on any atom is 0.130 e. The van der Waals surface area contributed by atoms with Crippen LogP contribution in [0.3, 0.4) is 0 Å². The topological polar surface area (TPSA) is 40.5 Å². The highest BCUT2D eigenvalue weighted by molar-refractivity contribution is 9.10. The maximum atomic E-state index is 13.9. The minimum atomic E-state index is -1.03. The molecular weight excluding hydrogens is 323 g/mol. The van der Waals surface area contributed by atoms with E-state index in [4.69, 9.17) is 0 Å². The molecule has 0 heterocycles. The van der Waals surface area contributed by atoms with Crippen LogP contribution in [0.15, 0.2) is 53.0 Å². The number of aliphatic hydroxyl groups excluding tert-OH is 2. The predicted octanol–water partition coefficient (Wildman–Crippen LogP) is 3.47. The third-order valence-electron chi connectivity index (χ3n) is 3.30. The van der Waals surface area contributed by atoms with Crippen molar-refractivity contribution in [2.24, 2.45) is 5.92 Å². The van der Waals surface area contributed by atoms with Crippen molar-refractivity contribution in [1.29, 1.82) is 0 Å². The quantitative estimate of drug-likeness (QED) is 0.876. The van der Waals surface area contributed by atoms with E-state index in [0.717, 1.165) is 5.56 Å². The molecule has 2 rings (SSSR count). The Bertz CT molecular complexity index is 560. The van der Waals surface area contributed by atoms with E-state index in [2.05, 4.69) is 15.9 Å². The second-order valence-corrected chi connectivity index (χ2v) is 5.66. The molecule has 0 aliphatic carbocycles. The first-order valence-electron chi connectivity index (χ1n) is 6.39. The van der Waals surface area contributed by atoms with Gasteiger partial charge >= 0.3 is 0 Å². The van der Waals surface area contributed by atoms with Crippen molar-refractivity contribution in [3.8, 4) is 0 Å². The molecule has 106 valence electrons. The molecule has 2 atom stereocenters. The highest BCUT2D eigenvalue weighted by Crippen LogP contribution is 2.28. The fourth-order valence-electron chi connectivity index (χ4n) is 2.19. The van der Waals surface area contributed by atoms with Crippen molar-refractivity contribution in [3.63, 3.8) is 0 Å². The minimum absolute atomic E-state index is 0.203. The summed E-state index contributed by atoms with van der Waals surface area (Å²) in [6.07, 6.45) is -0.540. The molecule has 0 saturated carbocycles. The van der Waals surface area contributed by atoms with E-state index in [-0.39, 0.29) is 12.2 Å². The number of rotatable bonds is 5. The van der Waals surface area contributed by atoms with Gasteiger partial charge in [-0.05, 0) is 24.1 Å². The molecule has 20 heavy (non-hydrogen) atoms. The largest absolute Gasteiger partial charge is 0.396 e. The molecule has 0 saturated heterocycles. The van der Waals surface area contributed by atoms with E-state index in [0.29, 0.717) is 10.9 Å². The first-order chi connectivity index (χ1) is 9.61. The molecule has 0 aliphatic heterocycles. The molecule has 2 aromatic carbocycles. The molecule has 0 bridgehead atoms. The number of hydrogen-bond donors (Lipinski definition) is 2. The van der Waals surface area contributed by atoms with E-state index in [1.54, 1.807) is 6.07 Å². The van der Waals surface area contributed by atoms with Gasteiger partial charge in [0.15, 0.2) is 0 Å². The van der Waals surface area contributed by atoms with Gasteiger partial charge in [-0.2, -0.15) is 0 Å². The van der Waals surface area contributed by atoms with Crippen LogP contribution in [-0.2, 0) is 6.42 Å². The smallest absolute Gasteiger partial charge is 0.130 e. The SMILES string of the molecule is OCC(Cc1ccccc1)C(O)c1ccc(Br)cc1F. The predicted molar refractivity (Wildman–Crippen MR) is 79.8 cm³/mol. The van der Waals surface area contributed by atoms with Crippen molar-refractivity contribution in [1.82, 2.24) is 0 Å². The Labute approximate surface area is 126 Å². The Hall–Kier alpha value is -1.23. The Morgan fingerprint density at radius 1 is 1.10 bits per heavy atom. The minimum Gasteiger partial charge on any atom is -0.396 e. The van der Waals surface area contributed by atoms with Gasteiger partial charge < -0.3 is 10.2 Å². The van der Waals surface area contributed by atoms with E-state index < -0.39 is 17.8 Å². The Morgan fingerprint density at radius 3 is 2.40 bits per heavy atom. The fourth-order valence-corrected chi connectivity index (χ4v) is 2.52. The highest BCUT2D eigenvalue weighted by Gasteiger charge is 2.23. The number of halogens is 2. The molecule has 0 aliphatic rings. The van der Waals surface area contributed by atoms with Crippen molar-refractivity contribution in [3.05, 3.63) is 69.9 Å². The lowest BCUT2D eigenvalue weighted by atomic mass is 9.90. The van der Waals surface area contributed by atoms with Gasteiger partial charge in [0.2, 0.25) is 0 Å². The molecule has 2 N–H and O–H groups in total. The number of benzene rings is 2. The van der Waals surface area contributed by atoms with E-state index >= 15 is 0 Å². The molecule has 0 spiro atoms. The normalized spacial score (nSPS) is 14.0. The van der Waals surface area contributed by atoms with Crippen LogP contribution >= 0.6 is 15.9 Å². The molecule has 0 radical (unpaired) electrons. The first kappa shape index (κ1) is 15.2. The second-order valence-electron chi connectivity index (χ2n) is 4.74. The summed E-state index contributed by atoms with van der Waals surface area (Å²) in [5.41, 5.74) is 1.21. The highest BCUT2D eigenvalue weighted by atomic mass is 79.9. The maximum absolute atomic E-state index is 13.9. The van der Waals surface area contributed by atoms with Crippen LogP contribution in [0.1, 0.15) is 17.2 Å². The summed E-state index contributed by atoms with van der Waals surface area (Å²) in [5, 5.41) is 19.8. The van der Waals surface area contributed by atoms with Crippen molar-refractivity contribution < 1.29 is 14.6 Å². The van der Waals surface area contributed by atoms with Gasteiger partial charge in [0.25, 0.3) is 0 Å². The zero-order valence-electron chi connectivity index (χ0n) is 10.8. The monoisotopic (exact) mass is 338 g/mol. The molecule has 0 fully saturated rings. The van der Waals surface area contributed by atoms with Gasteiger partial charge in [-0.3, -0.25) is 0 Å². The zero-order chi connectivity index (χ0) is 14.5. The van der Waals surface area contributed by atoms with Gasteiger partial charge in [-0.15, -0.1) is 0 Å². The van der Waals surface area contributed by atoms with Crippen LogP contribution in [0.4, 0.5) is 4.39 Å². The summed E-state index contributed by atoms with van der Waals surface area (Å²) in [5.74, 6) is -0.911. The average Bonchev–Trinajstić information content (AvgIpc) is 2.45. The standard InChI is InChI=1S/C16H16BrFO2/c17-13-6-7-14(15(18)9-13)16(20)12(10-19)8-11-4-2-1-3-5-11/h1-7,9,12,16,19-20H,8,10H2. The Balaban J connectivity index is 2.18. The summed E-state index contributed by atoms with van der Waals surface area (Å²) < 4.78 is 14.5. The van der Waals surface area contributed by atoms with Crippen molar-refractivity contribution in [2.45, 2.75) is 12.5 Å². The average molecular weight is 339 g/mol.